The maximum absolute atomic E-state index is 13.5. The first-order chi connectivity index (χ1) is 16.4. The van der Waals surface area contributed by atoms with Crippen LogP contribution in [-0.4, -0.2) is 39.7 Å². The summed E-state index contributed by atoms with van der Waals surface area (Å²) in [5, 5.41) is 9.13. The molecule has 0 atom stereocenters. The first-order valence-electron chi connectivity index (χ1n) is 10.9. The monoisotopic (exact) mass is 566 g/mol. The molecule has 2 fully saturated rings. The minimum Gasteiger partial charge on any atom is -0.490 e. The topological polar surface area (TPSA) is 59.8 Å². The highest BCUT2D eigenvalue weighted by Gasteiger charge is 2.50. The van der Waals surface area contributed by atoms with Crippen molar-refractivity contribution in [2.75, 3.05) is 22.9 Å². The van der Waals surface area contributed by atoms with E-state index in [2.05, 4.69) is 20.1 Å². The number of hydrogen-bond acceptors (Lipinski definition) is 5. The van der Waals surface area contributed by atoms with Gasteiger partial charge in [-0.05, 0) is 81.4 Å². The molecule has 0 aliphatic carbocycles. The third kappa shape index (κ3) is 4.87. The summed E-state index contributed by atoms with van der Waals surface area (Å²) in [6, 6.07) is 11.8. The maximum atomic E-state index is 13.5. The summed E-state index contributed by atoms with van der Waals surface area (Å²) in [7, 11) is 0. The molecule has 0 saturated carbocycles. The predicted molar refractivity (Wildman–Crippen MR) is 133 cm³/mol. The van der Waals surface area contributed by atoms with Crippen LogP contribution in [0.4, 0.5) is 24.5 Å². The van der Waals surface area contributed by atoms with Crippen LogP contribution in [0.1, 0.15) is 37.8 Å². The van der Waals surface area contributed by atoms with E-state index in [-0.39, 0.29) is 16.9 Å². The van der Waals surface area contributed by atoms with Crippen LogP contribution in [0.3, 0.4) is 0 Å². The number of halogens is 4. The second-order valence-corrected chi connectivity index (χ2v) is 10.2. The van der Waals surface area contributed by atoms with Crippen molar-refractivity contribution < 1.29 is 22.7 Å². The molecule has 2 aromatic rings. The number of alkyl halides is 3. The Morgan fingerprint density at radius 1 is 1.11 bits per heavy atom. The van der Waals surface area contributed by atoms with Gasteiger partial charge in [0.2, 0.25) is 0 Å². The molecule has 6 nitrogen and oxygen atoms in total. The minimum atomic E-state index is -4.75. The highest BCUT2D eigenvalue weighted by atomic mass is 79.9. The molecule has 2 aliphatic rings. The molecule has 0 N–H and O–H groups in total. The fraction of sp³-hybridized carbons (Fsp3) is 0.375. The molecule has 4 rings (SSSR count). The molecular formula is C24H22BrF3N4O2S. The number of carbonyl (C=O) groups excluding carboxylic acids is 1. The number of hydrogen-bond donors (Lipinski definition) is 0. The number of nitrogens with zero attached hydrogens (tertiary/aromatic N) is 4. The van der Waals surface area contributed by atoms with E-state index in [0.29, 0.717) is 11.4 Å². The Labute approximate surface area is 215 Å². The molecule has 2 aromatic carbocycles. The fourth-order valence-corrected chi connectivity index (χ4v) is 5.20. The van der Waals surface area contributed by atoms with Gasteiger partial charge in [-0.15, -0.1) is 0 Å². The van der Waals surface area contributed by atoms with Crippen LogP contribution >= 0.6 is 28.4 Å². The number of ether oxygens (including phenoxy) is 1. The van der Waals surface area contributed by atoms with Gasteiger partial charge >= 0.3 is 6.18 Å². The Morgan fingerprint density at radius 2 is 1.71 bits per heavy atom. The number of anilines is 2. The Hall–Kier alpha value is -2.68. The number of nitriles is 1. The number of piperidine rings is 1. The normalized spacial score (nSPS) is 19.2. The van der Waals surface area contributed by atoms with Gasteiger partial charge in [0, 0.05) is 34.9 Å². The van der Waals surface area contributed by atoms with Crippen molar-refractivity contribution in [1.82, 2.24) is 3.93 Å². The molecule has 0 spiro atoms. The number of amides is 1. The van der Waals surface area contributed by atoms with Crippen molar-refractivity contribution in [3.05, 3.63) is 53.6 Å². The Kier molecular flexibility index (Phi) is 6.83. The fourth-order valence-electron chi connectivity index (χ4n) is 4.27. The summed E-state index contributed by atoms with van der Waals surface area (Å²) in [5.74, 6) is 0.219. The molecule has 2 heterocycles. The largest absolute Gasteiger partial charge is 0.490 e. The predicted octanol–water partition coefficient (Wildman–Crippen LogP) is 5.65. The lowest BCUT2D eigenvalue weighted by molar-refractivity contribution is -0.137. The highest BCUT2D eigenvalue weighted by Crippen LogP contribution is 2.40. The van der Waals surface area contributed by atoms with Gasteiger partial charge in [-0.2, -0.15) is 18.4 Å². The molecule has 0 unspecified atom stereocenters. The number of benzene rings is 2. The summed E-state index contributed by atoms with van der Waals surface area (Å²) < 4.78 is 48.6. The highest BCUT2D eigenvalue weighted by molar-refractivity contribution is 9.07. The zero-order chi connectivity index (χ0) is 25.5. The lowest BCUT2D eigenvalue weighted by Crippen LogP contribution is -2.44. The van der Waals surface area contributed by atoms with Crippen molar-refractivity contribution in [3.8, 4) is 11.8 Å². The SMILES string of the molecule is CC1(C)C(=O)N(c2ccc(C#N)c(C(F)(F)F)c2)C(=S)N1c1ccc(OC2CCN(Br)CC2)cc1. The van der Waals surface area contributed by atoms with Crippen molar-refractivity contribution >= 4 is 50.8 Å². The molecular weight excluding hydrogens is 545 g/mol. The van der Waals surface area contributed by atoms with Crippen LogP contribution < -0.4 is 14.5 Å². The van der Waals surface area contributed by atoms with Crippen molar-refractivity contribution in [2.24, 2.45) is 0 Å². The molecule has 2 saturated heterocycles. The second kappa shape index (κ2) is 9.41. The molecule has 184 valence electrons. The van der Waals surface area contributed by atoms with Gasteiger partial charge in [0.1, 0.15) is 17.4 Å². The third-order valence-electron chi connectivity index (χ3n) is 6.14. The van der Waals surface area contributed by atoms with Crippen LogP contribution in [0.25, 0.3) is 0 Å². The first-order valence-corrected chi connectivity index (χ1v) is 12.0. The van der Waals surface area contributed by atoms with Crippen LogP contribution in [0, 0.1) is 11.3 Å². The Morgan fingerprint density at radius 3 is 2.29 bits per heavy atom. The van der Waals surface area contributed by atoms with Gasteiger partial charge in [-0.25, -0.2) is 3.93 Å². The number of thiocarbonyl (C=S) groups is 1. The van der Waals surface area contributed by atoms with Crippen LogP contribution in [0.5, 0.6) is 5.75 Å². The van der Waals surface area contributed by atoms with E-state index in [9.17, 15) is 18.0 Å². The summed E-state index contributed by atoms with van der Waals surface area (Å²) in [6.45, 7) is 5.10. The van der Waals surface area contributed by atoms with E-state index in [1.54, 1.807) is 49.1 Å². The molecule has 11 heteroatoms. The summed E-state index contributed by atoms with van der Waals surface area (Å²) in [5.41, 5.74) is -2.21. The zero-order valence-corrected chi connectivity index (χ0v) is 21.4. The van der Waals surface area contributed by atoms with Gasteiger partial charge in [-0.1, -0.05) is 0 Å². The Balaban J connectivity index is 1.61. The molecule has 1 amide bonds. The van der Waals surface area contributed by atoms with Gasteiger partial charge in [0.25, 0.3) is 5.91 Å². The van der Waals surface area contributed by atoms with E-state index in [0.717, 1.165) is 43.0 Å². The lowest BCUT2D eigenvalue weighted by Gasteiger charge is -2.30. The van der Waals surface area contributed by atoms with Crippen LogP contribution in [0.2, 0.25) is 0 Å². The molecule has 35 heavy (non-hydrogen) atoms. The summed E-state index contributed by atoms with van der Waals surface area (Å²) >= 11 is 9.04. The minimum absolute atomic E-state index is 0.0417. The Bertz CT molecular complexity index is 1190. The average Bonchev–Trinajstić information content (AvgIpc) is 2.98. The number of rotatable bonds is 4. The molecule has 0 radical (unpaired) electrons. The van der Waals surface area contributed by atoms with Gasteiger partial charge < -0.3 is 9.64 Å². The smallest absolute Gasteiger partial charge is 0.417 e. The third-order valence-corrected chi connectivity index (χ3v) is 7.21. The molecule has 0 bridgehead atoms. The zero-order valence-electron chi connectivity index (χ0n) is 19.0. The second-order valence-electron chi connectivity index (χ2n) is 8.88. The van der Waals surface area contributed by atoms with E-state index < -0.39 is 28.7 Å². The van der Waals surface area contributed by atoms with E-state index >= 15 is 0 Å². The van der Waals surface area contributed by atoms with Gasteiger partial charge in [0.05, 0.1) is 22.9 Å². The summed E-state index contributed by atoms with van der Waals surface area (Å²) in [6.07, 6.45) is -2.86. The van der Waals surface area contributed by atoms with Crippen molar-refractivity contribution in [1.29, 1.82) is 5.26 Å². The van der Waals surface area contributed by atoms with Gasteiger partial charge in [0.15, 0.2) is 5.11 Å². The van der Waals surface area contributed by atoms with Crippen molar-refractivity contribution in [3.63, 3.8) is 0 Å². The molecule has 2 aliphatic heterocycles. The number of carbonyl (C=O) groups is 1. The first kappa shape index (κ1) is 25.4. The summed E-state index contributed by atoms with van der Waals surface area (Å²) in [4.78, 5) is 16.0. The van der Waals surface area contributed by atoms with Crippen LogP contribution in [0.15, 0.2) is 42.5 Å². The quantitative estimate of drug-likeness (QED) is 0.352. The maximum Gasteiger partial charge on any atom is 0.417 e. The standard InChI is InChI=1S/C24H22BrF3N4O2S/c1-23(2)21(33)31(17-4-3-15(14-29)20(13-17)24(26,27)28)22(35)32(23)16-5-7-18(8-6-16)34-19-9-11-30(25)12-10-19/h3-8,13,19H,9-12H2,1-2H3. The lowest BCUT2D eigenvalue weighted by atomic mass is 10.0. The van der Waals surface area contributed by atoms with E-state index in [4.69, 9.17) is 22.2 Å². The van der Waals surface area contributed by atoms with E-state index in [1.165, 1.54) is 6.07 Å². The van der Waals surface area contributed by atoms with Crippen molar-refractivity contribution in [2.45, 2.75) is 44.5 Å². The van der Waals surface area contributed by atoms with Crippen LogP contribution in [-0.2, 0) is 11.0 Å². The molecule has 0 aromatic heterocycles. The van der Waals surface area contributed by atoms with E-state index in [1.807, 2.05) is 0 Å². The average molecular weight is 567 g/mol. The van der Waals surface area contributed by atoms with Gasteiger partial charge in [-0.3, -0.25) is 9.69 Å².